The van der Waals surface area contributed by atoms with Gasteiger partial charge in [-0.05, 0) is 60.0 Å². The van der Waals surface area contributed by atoms with Gasteiger partial charge in [0.1, 0.15) is 0 Å². The molecule has 3 heteroatoms. The summed E-state index contributed by atoms with van der Waals surface area (Å²) < 4.78 is 5.91. The van der Waals surface area contributed by atoms with Crippen molar-refractivity contribution in [2.75, 3.05) is 33.3 Å². The van der Waals surface area contributed by atoms with Crippen LogP contribution in [0.5, 0.6) is 0 Å². The Labute approximate surface area is 107 Å². The maximum atomic E-state index is 5.91. The van der Waals surface area contributed by atoms with E-state index in [1.54, 1.807) is 0 Å². The largest absolute Gasteiger partial charge is 0.378 e. The summed E-state index contributed by atoms with van der Waals surface area (Å²) in [7, 11) is 2.19. The van der Waals surface area contributed by atoms with Crippen LogP contribution < -0.4 is 5.32 Å². The molecular weight excluding hydrogens is 212 g/mol. The highest BCUT2D eigenvalue weighted by atomic mass is 16.5. The average Bonchev–Trinajstić information content (AvgIpc) is 2.24. The van der Waals surface area contributed by atoms with Crippen LogP contribution in [0.1, 0.15) is 46.5 Å². The normalized spacial score (nSPS) is 19.8. The molecule has 1 saturated heterocycles. The van der Waals surface area contributed by atoms with Crippen molar-refractivity contribution in [3.63, 3.8) is 0 Å². The average molecular weight is 242 g/mol. The van der Waals surface area contributed by atoms with Crippen molar-refractivity contribution < 1.29 is 4.74 Å². The number of unbranched alkanes of at least 4 members (excludes halogenated alkanes) is 1. The zero-order valence-electron chi connectivity index (χ0n) is 12.1. The quantitative estimate of drug-likeness (QED) is 0.723. The summed E-state index contributed by atoms with van der Waals surface area (Å²) in [6.45, 7) is 11.0. The van der Waals surface area contributed by atoms with Gasteiger partial charge in [0.05, 0.1) is 6.10 Å². The van der Waals surface area contributed by atoms with Crippen LogP contribution in [0.3, 0.4) is 0 Å². The van der Waals surface area contributed by atoms with Crippen molar-refractivity contribution in [2.45, 2.75) is 58.1 Å². The predicted molar refractivity (Wildman–Crippen MR) is 73.5 cm³/mol. The van der Waals surface area contributed by atoms with Gasteiger partial charge in [-0.25, -0.2) is 0 Å². The summed E-state index contributed by atoms with van der Waals surface area (Å²) in [5.74, 6) is 0. The van der Waals surface area contributed by atoms with Crippen molar-refractivity contribution >= 4 is 0 Å². The Kier molecular flexibility index (Phi) is 6.45. The first kappa shape index (κ1) is 14.9. The zero-order valence-corrected chi connectivity index (χ0v) is 12.1. The first-order valence-electron chi connectivity index (χ1n) is 7.02. The number of nitrogens with zero attached hydrogens (tertiary/aromatic N) is 1. The van der Waals surface area contributed by atoms with Gasteiger partial charge in [-0.15, -0.1) is 0 Å². The molecule has 0 radical (unpaired) electrons. The maximum Gasteiger partial charge on any atom is 0.0599 e. The van der Waals surface area contributed by atoms with E-state index in [9.17, 15) is 0 Å². The van der Waals surface area contributed by atoms with Gasteiger partial charge < -0.3 is 15.0 Å². The van der Waals surface area contributed by atoms with E-state index in [4.69, 9.17) is 4.74 Å². The molecule has 0 unspecified atom stereocenters. The second-order valence-electron chi connectivity index (χ2n) is 6.26. The smallest absolute Gasteiger partial charge is 0.0599 e. The molecule has 0 aliphatic carbocycles. The van der Waals surface area contributed by atoms with E-state index in [0.717, 1.165) is 13.2 Å². The van der Waals surface area contributed by atoms with Gasteiger partial charge in [-0.3, -0.25) is 0 Å². The Morgan fingerprint density at radius 3 is 2.41 bits per heavy atom. The van der Waals surface area contributed by atoms with Gasteiger partial charge >= 0.3 is 0 Å². The Morgan fingerprint density at radius 2 is 1.82 bits per heavy atom. The van der Waals surface area contributed by atoms with Crippen LogP contribution >= 0.6 is 0 Å². The second kappa shape index (κ2) is 7.34. The van der Waals surface area contributed by atoms with Crippen LogP contribution in [0, 0.1) is 0 Å². The molecule has 0 spiro atoms. The third kappa shape index (κ3) is 7.74. The van der Waals surface area contributed by atoms with Crippen LogP contribution in [0.25, 0.3) is 0 Å². The van der Waals surface area contributed by atoms with Crippen LogP contribution in [-0.2, 0) is 4.74 Å². The summed E-state index contributed by atoms with van der Waals surface area (Å²) in [5.41, 5.74) is 0.245. The summed E-state index contributed by atoms with van der Waals surface area (Å²) in [6, 6.07) is 0. The summed E-state index contributed by atoms with van der Waals surface area (Å²) >= 11 is 0. The molecule has 3 nitrogen and oxygen atoms in total. The number of nitrogens with one attached hydrogen (secondary N) is 1. The number of hydrogen-bond donors (Lipinski definition) is 1. The molecule has 0 bridgehead atoms. The molecule has 1 aliphatic rings. The minimum Gasteiger partial charge on any atom is -0.378 e. The zero-order chi connectivity index (χ0) is 12.7. The molecule has 0 amide bonds. The van der Waals surface area contributed by atoms with E-state index in [1.165, 1.54) is 38.8 Å². The Bertz CT molecular complexity index is 193. The Balaban J connectivity index is 1.91. The van der Waals surface area contributed by atoms with Gasteiger partial charge in [0.15, 0.2) is 0 Å². The van der Waals surface area contributed by atoms with Crippen LogP contribution in [0.15, 0.2) is 0 Å². The van der Waals surface area contributed by atoms with Crippen LogP contribution in [0.2, 0.25) is 0 Å². The molecule has 1 fully saturated rings. The molecule has 0 aromatic heterocycles. The molecule has 0 saturated carbocycles. The van der Waals surface area contributed by atoms with E-state index in [1.807, 2.05) is 0 Å². The van der Waals surface area contributed by atoms with Crippen molar-refractivity contribution in [1.29, 1.82) is 0 Å². The van der Waals surface area contributed by atoms with Gasteiger partial charge in [-0.2, -0.15) is 0 Å². The van der Waals surface area contributed by atoms with Crippen molar-refractivity contribution in [2.24, 2.45) is 0 Å². The molecule has 1 aliphatic heterocycles. The number of ether oxygens (including phenoxy) is 1. The molecule has 1 N–H and O–H groups in total. The van der Waals surface area contributed by atoms with Gasteiger partial charge in [0.2, 0.25) is 0 Å². The number of piperidine rings is 1. The number of rotatable bonds is 6. The maximum absolute atomic E-state index is 5.91. The van der Waals surface area contributed by atoms with Gasteiger partial charge in [0.25, 0.3) is 0 Å². The molecule has 1 heterocycles. The van der Waals surface area contributed by atoms with Crippen LogP contribution in [-0.4, -0.2) is 49.8 Å². The number of likely N-dealkylation sites (tertiary alicyclic amines) is 1. The lowest BCUT2D eigenvalue weighted by Gasteiger charge is -2.29. The van der Waals surface area contributed by atoms with E-state index in [2.05, 4.69) is 38.0 Å². The highest BCUT2D eigenvalue weighted by molar-refractivity contribution is 4.71. The van der Waals surface area contributed by atoms with E-state index < -0.39 is 0 Å². The first-order valence-corrected chi connectivity index (χ1v) is 7.02. The minimum atomic E-state index is 0.245. The van der Waals surface area contributed by atoms with E-state index in [-0.39, 0.29) is 5.54 Å². The molecule has 1 rings (SSSR count). The molecule has 102 valence electrons. The van der Waals surface area contributed by atoms with Crippen molar-refractivity contribution in [3.05, 3.63) is 0 Å². The third-order valence-corrected chi connectivity index (χ3v) is 3.25. The van der Waals surface area contributed by atoms with E-state index >= 15 is 0 Å². The van der Waals surface area contributed by atoms with E-state index in [0.29, 0.717) is 6.10 Å². The fraction of sp³-hybridized carbons (Fsp3) is 1.00. The topological polar surface area (TPSA) is 24.5 Å². The fourth-order valence-corrected chi connectivity index (χ4v) is 2.09. The predicted octanol–water partition coefficient (Wildman–Crippen LogP) is 2.27. The Morgan fingerprint density at radius 1 is 1.18 bits per heavy atom. The lowest BCUT2D eigenvalue weighted by Crippen LogP contribution is -2.36. The van der Waals surface area contributed by atoms with Crippen molar-refractivity contribution in [3.8, 4) is 0 Å². The molecular formula is C14H30N2O. The monoisotopic (exact) mass is 242 g/mol. The minimum absolute atomic E-state index is 0.245. The Hall–Kier alpha value is -0.120. The first-order chi connectivity index (χ1) is 7.97. The standard InChI is InChI=1S/C14H30N2O/c1-14(2,3)15-9-5-6-12-17-13-7-10-16(4)11-8-13/h13,15H,5-12H2,1-4H3. The summed E-state index contributed by atoms with van der Waals surface area (Å²) in [4.78, 5) is 2.38. The SMILES string of the molecule is CN1CCC(OCCCCNC(C)(C)C)CC1. The van der Waals surface area contributed by atoms with Gasteiger partial charge in [0, 0.05) is 25.2 Å². The summed E-state index contributed by atoms with van der Waals surface area (Å²) in [6.07, 6.45) is 5.31. The lowest BCUT2D eigenvalue weighted by atomic mass is 10.1. The number of hydrogen-bond acceptors (Lipinski definition) is 3. The second-order valence-corrected chi connectivity index (χ2v) is 6.26. The highest BCUT2D eigenvalue weighted by Gasteiger charge is 2.16. The molecule has 17 heavy (non-hydrogen) atoms. The molecule has 0 atom stereocenters. The molecule has 0 aromatic carbocycles. The van der Waals surface area contributed by atoms with Crippen molar-refractivity contribution in [1.82, 2.24) is 10.2 Å². The fourth-order valence-electron chi connectivity index (χ4n) is 2.09. The molecule has 0 aromatic rings. The van der Waals surface area contributed by atoms with Crippen LogP contribution in [0.4, 0.5) is 0 Å². The lowest BCUT2D eigenvalue weighted by molar-refractivity contribution is 0.0108. The summed E-state index contributed by atoms with van der Waals surface area (Å²) in [5, 5.41) is 3.50. The highest BCUT2D eigenvalue weighted by Crippen LogP contribution is 2.12. The van der Waals surface area contributed by atoms with Gasteiger partial charge in [-0.1, -0.05) is 0 Å². The third-order valence-electron chi connectivity index (χ3n) is 3.25.